The Hall–Kier alpha value is 1.19. The smallest absolute Gasteiger partial charge is 0.345 e. The van der Waals surface area contributed by atoms with Gasteiger partial charge in [-0.2, -0.15) is 8.78 Å². The number of rotatable bonds is 3. The molecule has 0 heterocycles. The molecule has 0 aliphatic heterocycles. The maximum Gasteiger partial charge on any atom is 0.345 e. The minimum absolute atomic E-state index is 0.101. The van der Waals surface area contributed by atoms with Gasteiger partial charge in [-0.3, -0.25) is 0 Å². The molecule has 152 valence electrons. The highest BCUT2D eigenvalue weighted by Gasteiger charge is 2.32. The molecule has 2 aromatic rings. The highest BCUT2D eigenvalue weighted by molar-refractivity contribution is 14.1. The van der Waals surface area contributed by atoms with Crippen molar-refractivity contribution in [3.8, 4) is 5.75 Å². The zero-order chi connectivity index (χ0) is 21.7. The van der Waals surface area contributed by atoms with Crippen LogP contribution in [-0.2, 0) is 10.1 Å². The molecule has 0 saturated heterocycles. The second-order valence-electron chi connectivity index (χ2n) is 4.70. The lowest BCUT2D eigenvalue weighted by atomic mass is 10.2. The fourth-order valence-electron chi connectivity index (χ4n) is 1.83. The van der Waals surface area contributed by atoms with Crippen molar-refractivity contribution in [2.24, 2.45) is 0 Å². The molecule has 0 atom stereocenters. The summed E-state index contributed by atoms with van der Waals surface area (Å²) in [5, 5.41) is 0. The molecule has 0 amide bonds. The van der Waals surface area contributed by atoms with E-state index >= 15 is 0 Å². The molecule has 0 unspecified atom stereocenters. The summed E-state index contributed by atoms with van der Waals surface area (Å²) >= 11 is 9.51. The molecule has 2 aromatic carbocycles. The number of carbonyl (C=O) groups excluding carboxylic acids is 1. The van der Waals surface area contributed by atoms with E-state index in [9.17, 15) is 35.3 Å². The van der Waals surface area contributed by atoms with Gasteiger partial charge in [-0.1, -0.05) is 0 Å². The van der Waals surface area contributed by atoms with Crippen LogP contribution in [0.25, 0.3) is 0 Å². The van der Waals surface area contributed by atoms with Crippen molar-refractivity contribution in [1.29, 1.82) is 0 Å². The maximum atomic E-state index is 14.1. The molecule has 0 radical (unpaired) electrons. The molecule has 0 bridgehead atoms. The van der Waals surface area contributed by atoms with Gasteiger partial charge in [-0.15, -0.1) is 0 Å². The Balaban J connectivity index is 2.68. The van der Waals surface area contributed by atoms with Gasteiger partial charge in [0.2, 0.25) is 17.4 Å². The molecule has 15 heteroatoms. The first-order valence-corrected chi connectivity index (χ1v) is 13.1. The van der Waals surface area contributed by atoms with Crippen LogP contribution in [-0.4, -0.2) is 18.9 Å². The largest absolute Gasteiger partial charge is 0.744 e. The van der Waals surface area contributed by atoms with Gasteiger partial charge in [-0.25, -0.2) is 22.0 Å². The number of ether oxygens (including phenoxy) is 1. The Bertz CT molecular complexity index is 1080. The number of esters is 1. The third-order valence-electron chi connectivity index (χ3n) is 3.04. The molecule has 5 nitrogen and oxygen atoms in total. The van der Waals surface area contributed by atoms with E-state index in [2.05, 4.69) is 4.74 Å². The van der Waals surface area contributed by atoms with Crippen molar-refractivity contribution in [1.82, 2.24) is 0 Å². The van der Waals surface area contributed by atoms with Gasteiger partial charge >= 0.3 is 5.97 Å². The van der Waals surface area contributed by atoms with E-state index in [0.717, 1.165) is 3.57 Å². The van der Waals surface area contributed by atoms with Crippen LogP contribution in [0, 0.1) is 41.1 Å². The monoisotopic (exact) mass is 978 g/mol. The molecule has 2 rings (SSSR count). The molecule has 28 heavy (non-hydrogen) atoms. The second kappa shape index (κ2) is 9.36. The van der Waals surface area contributed by atoms with Crippen LogP contribution in [0.4, 0.5) is 17.6 Å². The van der Waals surface area contributed by atoms with E-state index in [1.54, 1.807) is 45.2 Å². The zero-order valence-electron chi connectivity index (χ0n) is 12.4. The lowest BCUT2D eigenvalue weighted by Gasteiger charge is -2.16. The third-order valence-corrected chi connectivity index (χ3v) is 13.4. The molecule has 0 aromatic heterocycles. The quantitative estimate of drug-likeness (QED) is 0.0785. The van der Waals surface area contributed by atoms with Gasteiger partial charge in [0.05, 0.1) is 5.56 Å². The Morgan fingerprint density at radius 2 is 1.11 bits per heavy atom. The van der Waals surface area contributed by atoms with Gasteiger partial charge in [0.25, 0.3) is 0 Å². The lowest BCUT2D eigenvalue weighted by molar-refractivity contribution is 0.0714. The SMILES string of the molecule is O=C(Oc1c(F)c(F)c(S(=O)(=O)[O-])c(F)c1F)c1c(I)c(I)c(I)c(I)c1I. The van der Waals surface area contributed by atoms with Crippen LogP contribution < -0.4 is 4.74 Å². The number of benzene rings is 2. The second-order valence-corrected chi connectivity index (χ2v) is 11.4. The molecule has 0 spiro atoms. The van der Waals surface area contributed by atoms with E-state index in [4.69, 9.17) is 0 Å². The Kier molecular flexibility index (Phi) is 8.51. The predicted molar refractivity (Wildman–Crippen MR) is 129 cm³/mol. The van der Waals surface area contributed by atoms with Crippen molar-refractivity contribution in [2.75, 3.05) is 0 Å². The van der Waals surface area contributed by atoms with Gasteiger partial charge in [0.15, 0.2) is 11.6 Å². The van der Waals surface area contributed by atoms with Crippen LogP contribution in [0.3, 0.4) is 0 Å². The average molecular weight is 979 g/mol. The summed E-state index contributed by atoms with van der Waals surface area (Å²) in [7, 11) is -5.86. The molecule has 0 saturated carbocycles. The fraction of sp³-hybridized carbons (Fsp3) is 0. The highest BCUT2D eigenvalue weighted by Crippen LogP contribution is 2.36. The van der Waals surface area contributed by atoms with Crippen LogP contribution in [0.5, 0.6) is 5.75 Å². The molecular formula is C13F4I5O5S-. The summed E-state index contributed by atoms with van der Waals surface area (Å²) in [4.78, 5) is 10.2. The van der Waals surface area contributed by atoms with Crippen molar-refractivity contribution in [3.05, 3.63) is 46.7 Å². The van der Waals surface area contributed by atoms with Gasteiger partial charge in [0.1, 0.15) is 15.0 Å². The summed E-state index contributed by atoms with van der Waals surface area (Å²) in [6, 6.07) is 0. The summed E-state index contributed by atoms with van der Waals surface area (Å²) in [5.41, 5.74) is -0.101. The minimum atomic E-state index is -5.86. The molecular weight excluding hydrogens is 979 g/mol. The Morgan fingerprint density at radius 1 is 0.750 bits per heavy atom. The van der Waals surface area contributed by atoms with Crippen molar-refractivity contribution in [3.63, 3.8) is 0 Å². The number of hydrogen-bond donors (Lipinski definition) is 0. The first-order chi connectivity index (χ1) is 12.7. The first kappa shape index (κ1) is 25.5. The highest BCUT2D eigenvalue weighted by atomic mass is 127. The maximum absolute atomic E-state index is 14.1. The lowest BCUT2D eigenvalue weighted by Crippen LogP contribution is -2.19. The predicted octanol–water partition coefficient (Wildman–Crippen LogP) is 5.39. The van der Waals surface area contributed by atoms with E-state index in [0.29, 0.717) is 14.3 Å². The summed E-state index contributed by atoms with van der Waals surface area (Å²) in [6.45, 7) is 0. The van der Waals surface area contributed by atoms with Gasteiger partial charge in [0, 0.05) is 17.9 Å². The average Bonchev–Trinajstić information content (AvgIpc) is 2.59. The molecule has 0 fully saturated rings. The van der Waals surface area contributed by atoms with E-state index in [-0.39, 0.29) is 5.56 Å². The standard InChI is InChI=1S/C13HF4I5O5S/c14-2-4(16)12(28(24,25)26)5(17)3(15)11(2)27-13(23)1-6(18)8(20)10(22)9(21)7(1)19/h(H,24,25,26)/p-1. The van der Waals surface area contributed by atoms with Gasteiger partial charge < -0.3 is 9.29 Å². The van der Waals surface area contributed by atoms with Crippen LogP contribution in [0.1, 0.15) is 10.4 Å². The number of carbonyl (C=O) groups is 1. The van der Waals surface area contributed by atoms with E-state index in [1.165, 1.54) is 0 Å². The van der Waals surface area contributed by atoms with Crippen molar-refractivity contribution in [2.45, 2.75) is 4.90 Å². The van der Waals surface area contributed by atoms with Crippen LogP contribution >= 0.6 is 113 Å². The van der Waals surface area contributed by atoms with Crippen LogP contribution in [0.15, 0.2) is 4.90 Å². The third kappa shape index (κ3) is 4.67. The Morgan fingerprint density at radius 3 is 1.46 bits per heavy atom. The first-order valence-electron chi connectivity index (χ1n) is 6.27. The Labute approximate surface area is 223 Å². The van der Waals surface area contributed by atoms with E-state index in [1.807, 2.05) is 67.8 Å². The normalized spacial score (nSPS) is 11.6. The van der Waals surface area contributed by atoms with Crippen molar-refractivity contribution < 1.29 is 40.1 Å². The zero-order valence-corrected chi connectivity index (χ0v) is 24.0. The minimum Gasteiger partial charge on any atom is -0.744 e. The molecule has 0 aliphatic rings. The number of halogens is 9. The number of hydrogen-bond acceptors (Lipinski definition) is 5. The van der Waals surface area contributed by atoms with E-state index < -0.39 is 50.0 Å². The molecule has 0 N–H and O–H groups in total. The summed E-state index contributed by atoms with van der Waals surface area (Å²) in [5.74, 6) is -12.7. The fourth-order valence-corrected chi connectivity index (χ4v) is 7.65. The summed E-state index contributed by atoms with van der Waals surface area (Å²) < 4.78 is 95.7. The summed E-state index contributed by atoms with van der Waals surface area (Å²) in [6.07, 6.45) is 0. The topological polar surface area (TPSA) is 83.5 Å². The van der Waals surface area contributed by atoms with Gasteiger partial charge in [-0.05, 0) is 113 Å². The van der Waals surface area contributed by atoms with Crippen LogP contribution in [0.2, 0.25) is 0 Å². The molecule has 0 aliphatic carbocycles. The van der Waals surface area contributed by atoms with Crippen molar-refractivity contribution >= 4 is 129 Å².